The van der Waals surface area contributed by atoms with Gasteiger partial charge in [-0.1, -0.05) is 37.3 Å². The Hall–Kier alpha value is -2.10. The SMILES string of the molecule is CCc1[nH]ncc1C(=O)N1CCCCC1CCc1ccccc1. The van der Waals surface area contributed by atoms with Gasteiger partial charge in [0.05, 0.1) is 11.8 Å². The zero-order chi connectivity index (χ0) is 16.1. The van der Waals surface area contributed by atoms with Gasteiger partial charge in [0.15, 0.2) is 0 Å². The molecular formula is C19H25N3O. The smallest absolute Gasteiger partial charge is 0.257 e. The number of H-pyrrole nitrogens is 1. The van der Waals surface area contributed by atoms with E-state index in [1.807, 2.05) is 13.0 Å². The van der Waals surface area contributed by atoms with E-state index in [2.05, 4.69) is 39.4 Å². The standard InChI is InChI=1S/C19H25N3O/c1-2-18-17(14-20-21-18)19(23)22-13-7-6-10-16(22)12-11-15-8-4-3-5-9-15/h3-5,8-9,14,16H,2,6-7,10-13H2,1H3,(H,20,21). The highest BCUT2D eigenvalue weighted by Crippen LogP contribution is 2.24. The summed E-state index contributed by atoms with van der Waals surface area (Å²) in [5.74, 6) is 0.147. The van der Waals surface area contributed by atoms with Crippen LogP contribution in [-0.2, 0) is 12.8 Å². The van der Waals surface area contributed by atoms with Crippen molar-refractivity contribution in [3.63, 3.8) is 0 Å². The minimum Gasteiger partial charge on any atom is -0.336 e. The second kappa shape index (κ2) is 7.44. The molecular weight excluding hydrogens is 286 g/mol. The Balaban J connectivity index is 1.70. The molecule has 2 heterocycles. The molecule has 1 N–H and O–H groups in total. The van der Waals surface area contributed by atoms with Crippen LogP contribution in [-0.4, -0.2) is 33.6 Å². The molecule has 1 unspecified atom stereocenters. The molecule has 4 nitrogen and oxygen atoms in total. The summed E-state index contributed by atoms with van der Waals surface area (Å²) >= 11 is 0. The lowest BCUT2D eigenvalue weighted by molar-refractivity contribution is 0.0601. The first kappa shape index (κ1) is 15.8. The van der Waals surface area contributed by atoms with E-state index in [4.69, 9.17) is 0 Å². The molecule has 1 fully saturated rings. The number of rotatable bonds is 5. The van der Waals surface area contributed by atoms with Gasteiger partial charge >= 0.3 is 0 Å². The van der Waals surface area contributed by atoms with Gasteiger partial charge in [-0.05, 0) is 44.1 Å². The van der Waals surface area contributed by atoms with Crippen LogP contribution < -0.4 is 0 Å². The van der Waals surface area contributed by atoms with Crippen molar-refractivity contribution in [3.05, 3.63) is 53.3 Å². The molecule has 4 heteroatoms. The number of piperidine rings is 1. The van der Waals surface area contributed by atoms with Crippen molar-refractivity contribution < 1.29 is 4.79 Å². The summed E-state index contributed by atoms with van der Waals surface area (Å²) in [6.45, 7) is 2.92. The third-order valence-electron chi connectivity index (χ3n) is 4.80. The quantitative estimate of drug-likeness (QED) is 0.917. The summed E-state index contributed by atoms with van der Waals surface area (Å²) in [5, 5.41) is 7.01. The number of hydrogen-bond acceptors (Lipinski definition) is 2. The molecule has 0 saturated carbocycles. The molecule has 1 amide bonds. The van der Waals surface area contributed by atoms with Gasteiger partial charge in [-0.25, -0.2) is 0 Å². The number of amides is 1. The van der Waals surface area contributed by atoms with E-state index in [0.29, 0.717) is 6.04 Å². The molecule has 1 aliphatic heterocycles. The molecule has 23 heavy (non-hydrogen) atoms. The van der Waals surface area contributed by atoms with Crippen molar-refractivity contribution in [2.75, 3.05) is 6.54 Å². The summed E-state index contributed by atoms with van der Waals surface area (Å²) in [6, 6.07) is 10.9. The molecule has 3 rings (SSSR count). The molecule has 1 aromatic carbocycles. The van der Waals surface area contributed by atoms with Crippen molar-refractivity contribution in [1.82, 2.24) is 15.1 Å². The zero-order valence-electron chi connectivity index (χ0n) is 13.8. The topological polar surface area (TPSA) is 49.0 Å². The van der Waals surface area contributed by atoms with Gasteiger partial charge < -0.3 is 4.90 Å². The highest BCUT2D eigenvalue weighted by Gasteiger charge is 2.28. The average Bonchev–Trinajstić information content (AvgIpc) is 3.09. The number of aromatic amines is 1. The van der Waals surface area contributed by atoms with Gasteiger partial charge in [0, 0.05) is 18.3 Å². The first-order valence-corrected chi connectivity index (χ1v) is 8.66. The van der Waals surface area contributed by atoms with Crippen molar-refractivity contribution in [2.24, 2.45) is 0 Å². The second-order valence-electron chi connectivity index (χ2n) is 6.29. The van der Waals surface area contributed by atoms with Crippen molar-refractivity contribution >= 4 is 5.91 Å². The molecule has 122 valence electrons. The van der Waals surface area contributed by atoms with Crippen LogP contribution in [0.25, 0.3) is 0 Å². The first-order valence-electron chi connectivity index (χ1n) is 8.66. The molecule has 2 aromatic rings. The Bertz CT molecular complexity index is 635. The molecule has 0 spiro atoms. The van der Waals surface area contributed by atoms with E-state index < -0.39 is 0 Å². The Morgan fingerprint density at radius 3 is 2.91 bits per heavy atom. The fraction of sp³-hybridized carbons (Fsp3) is 0.474. The van der Waals surface area contributed by atoms with Gasteiger partial charge in [0.25, 0.3) is 5.91 Å². The van der Waals surface area contributed by atoms with Crippen LogP contribution in [0.2, 0.25) is 0 Å². The van der Waals surface area contributed by atoms with Gasteiger partial charge in [-0.3, -0.25) is 9.89 Å². The number of carbonyl (C=O) groups is 1. The molecule has 1 aliphatic rings. The number of hydrogen-bond donors (Lipinski definition) is 1. The Morgan fingerprint density at radius 2 is 2.13 bits per heavy atom. The largest absolute Gasteiger partial charge is 0.336 e. The Kier molecular flexibility index (Phi) is 5.11. The van der Waals surface area contributed by atoms with Crippen molar-refractivity contribution in [3.8, 4) is 0 Å². The summed E-state index contributed by atoms with van der Waals surface area (Å²) in [4.78, 5) is 15.0. The van der Waals surface area contributed by atoms with Crippen LogP contribution in [0.3, 0.4) is 0 Å². The van der Waals surface area contributed by atoms with E-state index in [1.165, 1.54) is 12.0 Å². The van der Waals surface area contributed by atoms with E-state index in [0.717, 1.165) is 49.9 Å². The predicted molar refractivity (Wildman–Crippen MR) is 91.4 cm³/mol. The second-order valence-corrected chi connectivity index (χ2v) is 6.29. The maximum Gasteiger partial charge on any atom is 0.257 e. The van der Waals surface area contributed by atoms with Gasteiger partial charge in [-0.2, -0.15) is 5.10 Å². The average molecular weight is 311 g/mol. The van der Waals surface area contributed by atoms with Crippen LogP contribution in [0, 0.1) is 0 Å². The van der Waals surface area contributed by atoms with Crippen LogP contribution >= 0.6 is 0 Å². The molecule has 0 radical (unpaired) electrons. The molecule has 0 aliphatic carbocycles. The van der Waals surface area contributed by atoms with Gasteiger partial charge in [0.1, 0.15) is 0 Å². The normalized spacial score (nSPS) is 18.1. The molecule has 0 bridgehead atoms. The maximum absolute atomic E-state index is 12.9. The summed E-state index contributed by atoms with van der Waals surface area (Å²) < 4.78 is 0. The maximum atomic E-state index is 12.9. The lowest BCUT2D eigenvalue weighted by Gasteiger charge is -2.36. The number of benzene rings is 1. The van der Waals surface area contributed by atoms with E-state index in [9.17, 15) is 4.79 Å². The zero-order valence-corrected chi connectivity index (χ0v) is 13.8. The van der Waals surface area contributed by atoms with Crippen LogP contribution in [0.4, 0.5) is 0 Å². The fourth-order valence-electron chi connectivity index (χ4n) is 3.47. The molecule has 1 aromatic heterocycles. The lowest BCUT2D eigenvalue weighted by atomic mass is 9.95. The number of aryl methyl sites for hydroxylation is 2. The summed E-state index contributed by atoms with van der Waals surface area (Å²) in [6.07, 6.45) is 7.99. The third kappa shape index (κ3) is 3.63. The minimum atomic E-state index is 0.147. The number of carbonyl (C=O) groups excluding carboxylic acids is 1. The van der Waals surface area contributed by atoms with Gasteiger partial charge in [0.2, 0.25) is 0 Å². The lowest BCUT2D eigenvalue weighted by Crippen LogP contribution is -2.44. The monoisotopic (exact) mass is 311 g/mol. The highest BCUT2D eigenvalue weighted by molar-refractivity contribution is 5.95. The molecule has 1 atom stereocenters. The van der Waals surface area contributed by atoms with Crippen molar-refractivity contribution in [1.29, 1.82) is 0 Å². The number of nitrogens with zero attached hydrogens (tertiary/aromatic N) is 2. The van der Waals surface area contributed by atoms with Crippen LogP contribution in [0.5, 0.6) is 0 Å². The van der Waals surface area contributed by atoms with Crippen molar-refractivity contribution in [2.45, 2.75) is 51.5 Å². The number of likely N-dealkylation sites (tertiary alicyclic amines) is 1. The van der Waals surface area contributed by atoms with E-state index >= 15 is 0 Å². The number of nitrogens with one attached hydrogen (secondary N) is 1. The molecule has 1 saturated heterocycles. The Morgan fingerprint density at radius 1 is 1.30 bits per heavy atom. The number of aromatic nitrogens is 2. The Labute approximate surface area is 137 Å². The van der Waals surface area contributed by atoms with E-state index in [1.54, 1.807) is 6.20 Å². The first-order chi connectivity index (χ1) is 11.3. The summed E-state index contributed by atoms with van der Waals surface area (Å²) in [7, 11) is 0. The minimum absolute atomic E-state index is 0.147. The highest BCUT2D eigenvalue weighted by atomic mass is 16.2. The summed E-state index contributed by atoms with van der Waals surface area (Å²) in [5.41, 5.74) is 3.05. The van der Waals surface area contributed by atoms with Crippen LogP contribution in [0.1, 0.15) is 54.2 Å². The fourth-order valence-corrected chi connectivity index (χ4v) is 3.47. The van der Waals surface area contributed by atoms with E-state index in [-0.39, 0.29) is 5.91 Å². The van der Waals surface area contributed by atoms with Gasteiger partial charge in [-0.15, -0.1) is 0 Å². The predicted octanol–water partition coefficient (Wildman–Crippen LogP) is 3.60. The van der Waals surface area contributed by atoms with Crippen LogP contribution in [0.15, 0.2) is 36.5 Å². The third-order valence-corrected chi connectivity index (χ3v) is 4.80.